The van der Waals surface area contributed by atoms with Crippen LogP contribution in [0.2, 0.25) is 0 Å². The van der Waals surface area contributed by atoms with Gasteiger partial charge in [0.15, 0.2) is 0 Å². The summed E-state index contributed by atoms with van der Waals surface area (Å²) < 4.78 is 1.96. The molecule has 5 heteroatoms. The van der Waals surface area contributed by atoms with Crippen LogP contribution in [0.4, 0.5) is 0 Å². The van der Waals surface area contributed by atoms with E-state index in [0.717, 1.165) is 43.7 Å². The Morgan fingerprint density at radius 3 is 2.86 bits per heavy atom. The molecule has 1 aromatic carbocycles. The molecule has 1 fully saturated rings. The molecule has 21 heavy (non-hydrogen) atoms. The van der Waals surface area contributed by atoms with Gasteiger partial charge in [0.05, 0.1) is 0 Å². The van der Waals surface area contributed by atoms with Crippen molar-refractivity contribution in [2.75, 3.05) is 13.1 Å². The number of hydrogen-bond donors (Lipinski definition) is 0. The van der Waals surface area contributed by atoms with Crippen molar-refractivity contribution >= 4 is 5.91 Å². The molecule has 5 nitrogen and oxygen atoms in total. The predicted molar refractivity (Wildman–Crippen MR) is 79.8 cm³/mol. The third-order valence-electron chi connectivity index (χ3n) is 4.10. The van der Waals surface area contributed by atoms with E-state index in [0.29, 0.717) is 5.92 Å². The second-order valence-corrected chi connectivity index (χ2v) is 5.69. The van der Waals surface area contributed by atoms with Crippen LogP contribution in [0.15, 0.2) is 36.7 Å². The van der Waals surface area contributed by atoms with Gasteiger partial charge in [-0.15, -0.1) is 10.2 Å². The fourth-order valence-corrected chi connectivity index (χ4v) is 2.93. The van der Waals surface area contributed by atoms with Crippen LogP contribution in [0, 0.1) is 5.92 Å². The van der Waals surface area contributed by atoms with Gasteiger partial charge in [-0.05, 0) is 30.9 Å². The Morgan fingerprint density at radius 1 is 1.33 bits per heavy atom. The summed E-state index contributed by atoms with van der Waals surface area (Å²) in [5.74, 6) is 1.60. The monoisotopic (exact) mass is 284 g/mol. The first kappa shape index (κ1) is 13.8. The van der Waals surface area contributed by atoms with E-state index in [4.69, 9.17) is 0 Å². The lowest BCUT2D eigenvalue weighted by Crippen LogP contribution is -2.40. The maximum Gasteiger partial charge on any atom is 0.253 e. The number of hydrogen-bond acceptors (Lipinski definition) is 3. The average molecular weight is 284 g/mol. The van der Waals surface area contributed by atoms with Gasteiger partial charge in [-0.3, -0.25) is 4.79 Å². The first-order valence-corrected chi connectivity index (χ1v) is 7.41. The van der Waals surface area contributed by atoms with E-state index in [9.17, 15) is 4.79 Å². The first-order valence-electron chi connectivity index (χ1n) is 7.41. The topological polar surface area (TPSA) is 51.0 Å². The molecular formula is C16H20N4O. The van der Waals surface area contributed by atoms with Gasteiger partial charge in [0.1, 0.15) is 12.2 Å². The number of aromatic nitrogens is 3. The highest BCUT2D eigenvalue weighted by Crippen LogP contribution is 2.21. The fraction of sp³-hybridized carbons (Fsp3) is 0.438. The molecule has 1 atom stereocenters. The summed E-state index contributed by atoms with van der Waals surface area (Å²) in [7, 11) is 1.96. The quantitative estimate of drug-likeness (QED) is 0.865. The molecule has 2 heterocycles. The summed E-state index contributed by atoms with van der Waals surface area (Å²) in [6, 6.07) is 9.52. The fourth-order valence-electron chi connectivity index (χ4n) is 2.93. The number of aryl methyl sites for hydroxylation is 1. The first-order chi connectivity index (χ1) is 10.2. The average Bonchev–Trinajstić information content (AvgIpc) is 2.93. The van der Waals surface area contributed by atoms with Crippen LogP contribution in [-0.2, 0) is 13.5 Å². The van der Waals surface area contributed by atoms with Crippen LogP contribution in [0.3, 0.4) is 0 Å². The third-order valence-corrected chi connectivity index (χ3v) is 4.10. The molecule has 1 unspecified atom stereocenters. The molecule has 0 radical (unpaired) electrons. The molecule has 0 bridgehead atoms. The molecule has 1 saturated heterocycles. The van der Waals surface area contributed by atoms with Crippen molar-refractivity contribution in [2.24, 2.45) is 13.0 Å². The molecule has 110 valence electrons. The lowest BCUT2D eigenvalue weighted by molar-refractivity contribution is 0.0672. The Morgan fingerprint density at radius 2 is 2.14 bits per heavy atom. The van der Waals surface area contributed by atoms with Crippen LogP contribution in [0.1, 0.15) is 29.0 Å². The highest BCUT2D eigenvalue weighted by Gasteiger charge is 2.25. The van der Waals surface area contributed by atoms with Crippen molar-refractivity contribution in [1.29, 1.82) is 0 Å². The van der Waals surface area contributed by atoms with Gasteiger partial charge in [0.25, 0.3) is 5.91 Å². The second kappa shape index (κ2) is 6.08. The number of amides is 1. The lowest BCUT2D eigenvalue weighted by atomic mass is 9.94. The van der Waals surface area contributed by atoms with Gasteiger partial charge in [-0.1, -0.05) is 18.2 Å². The Kier molecular flexibility index (Phi) is 3.99. The Hall–Kier alpha value is -2.17. The van der Waals surface area contributed by atoms with Gasteiger partial charge < -0.3 is 9.47 Å². The molecule has 0 aliphatic carbocycles. The number of benzene rings is 1. The minimum absolute atomic E-state index is 0.137. The Bertz CT molecular complexity index is 608. The van der Waals surface area contributed by atoms with E-state index in [1.807, 2.05) is 46.8 Å². The van der Waals surface area contributed by atoms with E-state index < -0.39 is 0 Å². The normalized spacial score (nSPS) is 18.7. The lowest BCUT2D eigenvalue weighted by Gasteiger charge is -2.32. The van der Waals surface area contributed by atoms with Crippen LogP contribution < -0.4 is 0 Å². The maximum atomic E-state index is 12.5. The molecular weight excluding hydrogens is 264 g/mol. The summed E-state index contributed by atoms with van der Waals surface area (Å²) in [4.78, 5) is 14.5. The molecule has 0 spiro atoms. The van der Waals surface area contributed by atoms with Crippen LogP contribution in [0.5, 0.6) is 0 Å². The third kappa shape index (κ3) is 3.12. The van der Waals surface area contributed by atoms with Gasteiger partial charge in [-0.25, -0.2) is 0 Å². The van der Waals surface area contributed by atoms with Crippen molar-refractivity contribution in [3.05, 3.63) is 48.0 Å². The van der Waals surface area contributed by atoms with Crippen molar-refractivity contribution in [3.63, 3.8) is 0 Å². The van der Waals surface area contributed by atoms with E-state index in [1.54, 1.807) is 6.33 Å². The highest BCUT2D eigenvalue weighted by atomic mass is 16.2. The predicted octanol–water partition coefficient (Wildman–Crippen LogP) is 1.91. The zero-order valence-corrected chi connectivity index (χ0v) is 12.3. The number of nitrogens with zero attached hydrogens (tertiary/aromatic N) is 4. The SMILES string of the molecule is Cn1cnnc1CC1CCCN(C(=O)c2ccccc2)C1. The summed E-state index contributed by atoms with van der Waals surface area (Å²) in [5.41, 5.74) is 0.775. The van der Waals surface area contributed by atoms with E-state index in [2.05, 4.69) is 10.2 Å². The summed E-state index contributed by atoms with van der Waals surface area (Å²) in [5, 5.41) is 8.07. The van der Waals surface area contributed by atoms with Gasteiger partial charge >= 0.3 is 0 Å². The summed E-state index contributed by atoms with van der Waals surface area (Å²) >= 11 is 0. The molecule has 3 rings (SSSR count). The Balaban J connectivity index is 1.66. The molecule has 1 aliphatic heterocycles. The molecule has 0 saturated carbocycles. The van der Waals surface area contributed by atoms with Crippen molar-refractivity contribution in [1.82, 2.24) is 19.7 Å². The minimum Gasteiger partial charge on any atom is -0.338 e. The van der Waals surface area contributed by atoms with Gasteiger partial charge in [0.2, 0.25) is 0 Å². The highest BCUT2D eigenvalue weighted by molar-refractivity contribution is 5.94. The smallest absolute Gasteiger partial charge is 0.253 e. The van der Waals surface area contributed by atoms with Crippen molar-refractivity contribution in [3.8, 4) is 0 Å². The minimum atomic E-state index is 0.137. The van der Waals surface area contributed by atoms with E-state index in [1.165, 1.54) is 0 Å². The van der Waals surface area contributed by atoms with E-state index in [-0.39, 0.29) is 5.91 Å². The van der Waals surface area contributed by atoms with E-state index >= 15 is 0 Å². The molecule has 2 aromatic rings. The van der Waals surface area contributed by atoms with Crippen molar-refractivity contribution in [2.45, 2.75) is 19.3 Å². The number of piperidine rings is 1. The number of carbonyl (C=O) groups excluding carboxylic acids is 1. The van der Waals surface area contributed by atoms with Crippen molar-refractivity contribution < 1.29 is 4.79 Å². The largest absolute Gasteiger partial charge is 0.338 e. The molecule has 1 aliphatic rings. The maximum absolute atomic E-state index is 12.5. The van der Waals surface area contributed by atoms with Crippen LogP contribution in [-0.4, -0.2) is 38.7 Å². The van der Waals surface area contributed by atoms with Crippen LogP contribution in [0.25, 0.3) is 0 Å². The summed E-state index contributed by atoms with van der Waals surface area (Å²) in [6.45, 7) is 1.66. The summed E-state index contributed by atoms with van der Waals surface area (Å²) in [6.07, 6.45) is 4.81. The zero-order valence-electron chi connectivity index (χ0n) is 12.3. The molecule has 1 amide bonds. The standard InChI is InChI=1S/C16H20N4O/c1-19-12-17-18-15(19)10-13-6-5-9-20(11-13)16(21)14-7-3-2-4-8-14/h2-4,7-8,12-13H,5-6,9-11H2,1H3. The Labute approximate surface area is 124 Å². The number of carbonyl (C=O) groups is 1. The van der Waals surface area contributed by atoms with Gasteiger partial charge in [0, 0.05) is 32.1 Å². The second-order valence-electron chi connectivity index (χ2n) is 5.69. The molecule has 0 N–H and O–H groups in total. The van der Waals surface area contributed by atoms with Crippen LogP contribution >= 0.6 is 0 Å². The number of rotatable bonds is 3. The molecule has 1 aromatic heterocycles. The van der Waals surface area contributed by atoms with Gasteiger partial charge in [-0.2, -0.15) is 0 Å². The zero-order chi connectivity index (χ0) is 14.7. The number of likely N-dealkylation sites (tertiary alicyclic amines) is 1.